The normalized spacial score (nSPS) is 14.1. The Hall–Kier alpha value is -2.82. The number of aromatic nitrogens is 5. The van der Waals surface area contributed by atoms with Gasteiger partial charge in [-0.05, 0) is 31.0 Å². The molecule has 1 aromatic carbocycles. The van der Waals surface area contributed by atoms with Gasteiger partial charge in [0.2, 0.25) is 0 Å². The summed E-state index contributed by atoms with van der Waals surface area (Å²) in [5.41, 5.74) is -0.359. The van der Waals surface area contributed by atoms with Crippen LogP contribution < -0.4 is 5.32 Å². The second-order valence-corrected chi connectivity index (χ2v) is 9.04. The number of anilines is 1. The summed E-state index contributed by atoms with van der Waals surface area (Å²) < 4.78 is 42.8. The first-order valence-electron chi connectivity index (χ1n) is 10.1. The van der Waals surface area contributed by atoms with Crippen molar-refractivity contribution in [1.29, 1.82) is 0 Å². The van der Waals surface area contributed by atoms with E-state index in [0.717, 1.165) is 18.9 Å². The number of halogens is 6. The number of nitrogens with zero attached hydrogens (tertiary/aromatic N) is 5. The van der Waals surface area contributed by atoms with Crippen LogP contribution in [0.1, 0.15) is 46.2 Å². The molecule has 7 nitrogen and oxygen atoms in total. The molecule has 1 aliphatic carbocycles. The van der Waals surface area contributed by atoms with Crippen LogP contribution in [0.2, 0.25) is 15.1 Å². The highest BCUT2D eigenvalue weighted by Gasteiger charge is 2.37. The predicted molar refractivity (Wildman–Crippen MR) is 121 cm³/mol. The molecular formula is C21H14Cl3F3N6O. The maximum absolute atomic E-state index is 13.6. The molecule has 5 rings (SSSR count). The van der Waals surface area contributed by atoms with Gasteiger partial charge in [-0.25, -0.2) is 9.50 Å². The summed E-state index contributed by atoms with van der Waals surface area (Å²) in [6.07, 6.45) is -1.64. The fourth-order valence-corrected chi connectivity index (χ4v) is 4.19. The van der Waals surface area contributed by atoms with E-state index < -0.39 is 17.8 Å². The Labute approximate surface area is 205 Å². The van der Waals surface area contributed by atoms with Gasteiger partial charge in [0.15, 0.2) is 17.2 Å². The zero-order valence-corrected chi connectivity index (χ0v) is 19.3. The molecule has 1 fully saturated rings. The van der Waals surface area contributed by atoms with Crippen molar-refractivity contribution in [3.8, 4) is 0 Å². The van der Waals surface area contributed by atoms with Crippen LogP contribution in [0.3, 0.4) is 0 Å². The topological polar surface area (TPSA) is 77.1 Å². The molecule has 1 saturated carbocycles. The summed E-state index contributed by atoms with van der Waals surface area (Å²) in [5, 5.41) is 11.5. The fourth-order valence-electron chi connectivity index (χ4n) is 3.47. The third kappa shape index (κ3) is 4.45. The molecule has 1 amide bonds. The molecule has 0 aliphatic heterocycles. The van der Waals surface area contributed by atoms with Crippen molar-refractivity contribution in [2.24, 2.45) is 0 Å². The number of amides is 1. The maximum Gasteiger partial charge on any atom is 0.433 e. The average Bonchev–Trinajstić information content (AvgIpc) is 3.43. The number of rotatable bonds is 5. The van der Waals surface area contributed by atoms with Crippen LogP contribution in [0.5, 0.6) is 0 Å². The molecular weight excluding hydrogens is 516 g/mol. The van der Waals surface area contributed by atoms with Gasteiger partial charge in [-0.3, -0.25) is 9.48 Å². The second-order valence-electron chi connectivity index (χ2n) is 7.82. The van der Waals surface area contributed by atoms with Crippen molar-refractivity contribution < 1.29 is 18.0 Å². The Morgan fingerprint density at radius 1 is 1.09 bits per heavy atom. The van der Waals surface area contributed by atoms with Crippen molar-refractivity contribution in [3.63, 3.8) is 0 Å². The number of carbonyl (C=O) groups is 1. The van der Waals surface area contributed by atoms with E-state index in [4.69, 9.17) is 34.8 Å². The first-order chi connectivity index (χ1) is 16.1. The first kappa shape index (κ1) is 22.9. The molecule has 4 aromatic rings. The van der Waals surface area contributed by atoms with Crippen LogP contribution in [0.25, 0.3) is 5.65 Å². The van der Waals surface area contributed by atoms with Gasteiger partial charge in [0.25, 0.3) is 5.91 Å². The number of fused-ring (bicyclic) bond motifs is 1. The van der Waals surface area contributed by atoms with Gasteiger partial charge in [0.1, 0.15) is 10.7 Å². The van der Waals surface area contributed by atoms with E-state index in [1.807, 2.05) is 0 Å². The molecule has 3 aromatic heterocycles. The minimum Gasteiger partial charge on any atom is -0.302 e. The smallest absolute Gasteiger partial charge is 0.302 e. The molecule has 176 valence electrons. The quantitative estimate of drug-likeness (QED) is 0.340. The second kappa shape index (κ2) is 8.44. The van der Waals surface area contributed by atoms with Crippen LogP contribution >= 0.6 is 34.8 Å². The number of benzene rings is 1. The zero-order valence-electron chi connectivity index (χ0n) is 17.1. The van der Waals surface area contributed by atoms with E-state index in [0.29, 0.717) is 25.8 Å². The lowest BCUT2D eigenvalue weighted by molar-refractivity contribution is -0.142. The highest BCUT2D eigenvalue weighted by molar-refractivity contribution is 6.36. The molecule has 13 heteroatoms. The van der Waals surface area contributed by atoms with E-state index >= 15 is 0 Å². The molecule has 3 heterocycles. The molecule has 0 bridgehead atoms. The van der Waals surface area contributed by atoms with Crippen molar-refractivity contribution in [3.05, 3.63) is 74.2 Å². The minimum absolute atomic E-state index is 0.00679. The van der Waals surface area contributed by atoms with E-state index in [1.165, 1.54) is 16.9 Å². The van der Waals surface area contributed by atoms with Gasteiger partial charge in [0, 0.05) is 39.5 Å². The van der Waals surface area contributed by atoms with Gasteiger partial charge in [-0.2, -0.15) is 23.4 Å². The monoisotopic (exact) mass is 528 g/mol. The number of hydrogen-bond acceptors (Lipinski definition) is 4. The number of carbonyl (C=O) groups excluding carboxylic acids is 1. The average molecular weight is 530 g/mol. The zero-order chi connectivity index (χ0) is 24.2. The van der Waals surface area contributed by atoms with Crippen LogP contribution in [-0.4, -0.2) is 30.3 Å². The van der Waals surface area contributed by atoms with Gasteiger partial charge >= 0.3 is 6.18 Å². The van der Waals surface area contributed by atoms with Crippen molar-refractivity contribution in [2.75, 3.05) is 5.32 Å². The third-order valence-corrected chi connectivity index (χ3v) is 6.28. The van der Waals surface area contributed by atoms with Crippen LogP contribution in [-0.2, 0) is 12.7 Å². The SMILES string of the molecule is O=C(Nc1nn(Cc2c(Cl)cccc2Cl)cc1Cl)c1cc2nc(C3CC3)cc(C(F)(F)F)n2n1. The van der Waals surface area contributed by atoms with Crippen LogP contribution in [0.15, 0.2) is 36.5 Å². The largest absolute Gasteiger partial charge is 0.433 e. The summed E-state index contributed by atoms with van der Waals surface area (Å²) in [5.74, 6) is -0.781. The van der Waals surface area contributed by atoms with E-state index in [9.17, 15) is 18.0 Å². The number of alkyl halides is 3. The maximum atomic E-state index is 13.6. The molecule has 0 saturated heterocycles. The number of hydrogen-bond donors (Lipinski definition) is 1. The Kier molecular flexibility index (Phi) is 5.70. The van der Waals surface area contributed by atoms with Crippen LogP contribution in [0, 0.1) is 0 Å². The molecule has 34 heavy (non-hydrogen) atoms. The Morgan fingerprint density at radius 3 is 2.44 bits per heavy atom. The summed E-state index contributed by atoms with van der Waals surface area (Å²) in [6.45, 7) is 0.186. The summed E-state index contributed by atoms with van der Waals surface area (Å²) in [4.78, 5) is 17.0. The molecule has 0 radical (unpaired) electrons. The molecule has 1 aliphatic rings. The molecule has 0 unspecified atom stereocenters. The highest BCUT2D eigenvalue weighted by Crippen LogP contribution is 2.41. The summed E-state index contributed by atoms with van der Waals surface area (Å²) >= 11 is 18.6. The highest BCUT2D eigenvalue weighted by atomic mass is 35.5. The van der Waals surface area contributed by atoms with Gasteiger partial charge in [0.05, 0.1) is 6.54 Å². The van der Waals surface area contributed by atoms with E-state index in [2.05, 4.69) is 20.5 Å². The lowest BCUT2D eigenvalue weighted by atomic mass is 10.2. The lowest BCUT2D eigenvalue weighted by Gasteiger charge is -2.10. The predicted octanol–water partition coefficient (Wildman–Crippen LogP) is 6.08. The van der Waals surface area contributed by atoms with Crippen molar-refractivity contribution in [2.45, 2.75) is 31.5 Å². The first-order valence-corrected chi connectivity index (χ1v) is 11.2. The Bertz CT molecular complexity index is 1410. The third-order valence-electron chi connectivity index (χ3n) is 5.30. The van der Waals surface area contributed by atoms with E-state index in [-0.39, 0.29) is 34.6 Å². The van der Waals surface area contributed by atoms with Gasteiger partial charge in [-0.15, -0.1) is 0 Å². The van der Waals surface area contributed by atoms with Crippen molar-refractivity contribution >= 4 is 52.2 Å². The number of nitrogens with one attached hydrogen (secondary N) is 1. The van der Waals surface area contributed by atoms with Gasteiger partial charge in [-0.1, -0.05) is 40.9 Å². The summed E-state index contributed by atoms with van der Waals surface area (Å²) in [7, 11) is 0. The van der Waals surface area contributed by atoms with Crippen molar-refractivity contribution in [1.82, 2.24) is 24.4 Å². The molecule has 0 atom stereocenters. The molecule has 0 spiro atoms. The van der Waals surface area contributed by atoms with Gasteiger partial charge < -0.3 is 5.32 Å². The standard InChI is InChI=1S/C21H14Cl3F3N6O/c22-12-2-1-3-13(23)11(12)8-32-9-14(24)19(31-32)29-20(34)16-7-18-28-15(10-4-5-10)6-17(21(25,26)27)33(18)30-16/h1-3,6-7,9-10H,4-5,8H2,(H,29,31,34). The van der Waals surface area contributed by atoms with Crippen LogP contribution in [0.4, 0.5) is 19.0 Å². The lowest BCUT2D eigenvalue weighted by Crippen LogP contribution is -2.16. The summed E-state index contributed by atoms with van der Waals surface area (Å²) in [6, 6.07) is 7.25. The Morgan fingerprint density at radius 2 is 1.79 bits per heavy atom. The molecule has 1 N–H and O–H groups in total. The van der Waals surface area contributed by atoms with E-state index in [1.54, 1.807) is 18.2 Å². The fraction of sp³-hybridized carbons (Fsp3) is 0.238. The minimum atomic E-state index is -4.66. The Balaban J connectivity index is 1.42.